The number of ether oxygens (including phenoxy) is 3. The Bertz CT molecular complexity index is 910. The molecule has 0 fully saturated rings. The Labute approximate surface area is 167 Å². The van der Waals surface area contributed by atoms with Crippen molar-refractivity contribution in [2.24, 2.45) is 0 Å². The van der Waals surface area contributed by atoms with Crippen LogP contribution in [-0.4, -0.2) is 45.4 Å². The number of benzene rings is 2. The minimum Gasteiger partial charge on any atom is -0.449 e. The molecule has 0 bridgehead atoms. The van der Waals surface area contributed by atoms with E-state index in [-0.39, 0.29) is 30.6 Å². The zero-order valence-corrected chi connectivity index (χ0v) is 16.1. The summed E-state index contributed by atoms with van der Waals surface area (Å²) >= 11 is 0. The molecular formula is C21H21FN2O5. The monoisotopic (exact) mass is 400 g/mol. The molecule has 1 N–H and O–H groups in total. The molecule has 0 saturated heterocycles. The van der Waals surface area contributed by atoms with Gasteiger partial charge in [-0.05, 0) is 35.9 Å². The Morgan fingerprint density at radius 1 is 1.17 bits per heavy atom. The second-order valence-corrected chi connectivity index (χ2v) is 6.23. The average molecular weight is 400 g/mol. The van der Waals surface area contributed by atoms with Gasteiger partial charge in [0.15, 0.2) is 17.8 Å². The van der Waals surface area contributed by atoms with Crippen molar-refractivity contribution in [2.45, 2.75) is 6.29 Å². The fourth-order valence-corrected chi connectivity index (χ4v) is 2.79. The number of hydrogen-bond acceptors (Lipinski definition) is 5. The normalized spacial score (nSPS) is 14.7. The highest BCUT2D eigenvalue weighted by atomic mass is 19.1. The van der Waals surface area contributed by atoms with Crippen molar-refractivity contribution in [3.8, 4) is 5.75 Å². The maximum Gasteiger partial charge on any atom is 0.294 e. The fourth-order valence-electron chi connectivity index (χ4n) is 2.79. The van der Waals surface area contributed by atoms with Gasteiger partial charge >= 0.3 is 0 Å². The predicted molar refractivity (Wildman–Crippen MR) is 105 cm³/mol. The summed E-state index contributed by atoms with van der Waals surface area (Å²) in [5.74, 6) is -0.750. The summed E-state index contributed by atoms with van der Waals surface area (Å²) in [7, 11) is 2.93. The lowest BCUT2D eigenvalue weighted by Crippen LogP contribution is -2.45. The molecule has 1 aliphatic rings. The number of amides is 2. The van der Waals surface area contributed by atoms with E-state index in [1.165, 1.54) is 49.5 Å². The number of nitrogens with zero attached hydrogens (tertiary/aromatic N) is 1. The zero-order valence-electron chi connectivity index (χ0n) is 16.1. The molecule has 2 aromatic carbocycles. The van der Waals surface area contributed by atoms with E-state index in [1.807, 2.05) is 0 Å². The van der Waals surface area contributed by atoms with Crippen molar-refractivity contribution in [2.75, 3.05) is 32.2 Å². The van der Waals surface area contributed by atoms with E-state index < -0.39 is 12.2 Å². The van der Waals surface area contributed by atoms with Crippen LogP contribution in [-0.2, 0) is 19.1 Å². The van der Waals surface area contributed by atoms with Crippen LogP contribution in [0.1, 0.15) is 5.56 Å². The molecule has 2 aromatic rings. The van der Waals surface area contributed by atoms with Gasteiger partial charge in [0.1, 0.15) is 12.4 Å². The van der Waals surface area contributed by atoms with Gasteiger partial charge in [0.25, 0.3) is 5.91 Å². The first-order valence-electron chi connectivity index (χ1n) is 8.90. The van der Waals surface area contributed by atoms with Crippen molar-refractivity contribution in [3.63, 3.8) is 0 Å². The van der Waals surface area contributed by atoms with Crippen molar-refractivity contribution >= 4 is 23.6 Å². The number of hydrogen-bond donors (Lipinski definition) is 1. The molecule has 1 aliphatic heterocycles. The molecule has 8 heteroatoms. The second-order valence-electron chi connectivity index (χ2n) is 6.23. The van der Waals surface area contributed by atoms with Gasteiger partial charge < -0.3 is 19.5 Å². The molecule has 152 valence electrons. The Hall–Kier alpha value is -3.23. The van der Waals surface area contributed by atoms with Gasteiger partial charge in [0, 0.05) is 14.2 Å². The number of fused-ring (bicyclic) bond motifs is 1. The first-order chi connectivity index (χ1) is 14.0. The average Bonchev–Trinajstić information content (AvgIpc) is 2.73. The molecule has 0 aromatic heterocycles. The van der Waals surface area contributed by atoms with Gasteiger partial charge in [-0.3, -0.25) is 14.5 Å². The molecule has 29 heavy (non-hydrogen) atoms. The number of halogens is 1. The van der Waals surface area contributed by atoms with Crippen LogP contribution in [0.25, 0.3) is 6.08 Å². The van der Waals surface area contributed by atoms with E-state index in [9.17, 15) is 14.0 Å². The predicted octanol–water partition coefficient (Wildman–Crippen LogP) is 2.33. The quantitative estimate of drug-likeness (QED) is 0.570. The second kappa shape index (κ2) is 9.31. The van der Waals surface area contributed by atoms with E-state index in [2.05, 4.69) is 5.32 Å². The van der Waals surface area contributed by atoms with Crippen molar-refractivity contribution in [1.82, 2.24) is 5.32 Å². The lowest BCUT2D eigenvalue weighted by atomic mass is 10.1. The van der Waals surface area contributed by atoms with Gasteiger partial charge in [-0.25, -0.2) is 4.39 Å². The van der Waals surface area contributed by atoms with Crippen LogP contribution < -0.4 is 15.0 Å². The highest BCUT2D eigenvalue weighted by Crippen LogP contribution is 2.35. The van der Waals surface area contributed by atoms with Gasteiger partial charge in [0.2, 0.25) is 5.91 Å². The van der Waals surface area contributed by atoms with Gasteiger partial charge in [-0.15, -0.1) is 0 Å². The third-order valence-corrected chi connectivity index (χ3v) is 4.29. The molecule has 0 radical (unpaired) electrons. The van der Waals surface area contributed by atoms with E-state index in [0.29, 0.717) is 17.0 Å². The summed E-state index contributed by atoms with van der Waals surface area (Å²) in [6, 6.07) is 12.6. The number of methoxy groups -OCH3 is 2. The lowest BCUT2D eigenvalue weighted by molar-refractivity contribution is -0.127. The fraction of sp³-hybridized carbons (Fsp3) is 0.238. The number of rotatable bonds is 7. The van der Waals surface area contributed by atoms with Crippen LogP contribution in [0, 0.1) is 5.82 Å². The Kier molecular flexibility index (Phi) is 6.58. The molecule has 2 amide bonds. The largest absolute Gasteiger partial charge is 0.449 e. The van der Waals surface area contributed by atoms with E-state index in [1.54, 1.807) is 24.3 Å². The lowest BCUT2D eigenvalue weighted by Gasteiger charge is -2.30. The summed E-state index contributed by atoms with van der Waals surface area (Å²) in [4.78, 5) is 26.7. The highest BCUT2D eigenvalue weighted by Gasteiger charge is 2.31. The van der Waals surface area contributed by atoms with Crippen molar-refractivity contribution in [3.05, 3.63) is 65.7 Å². The molecule has 0 aliphatic carbocycles. The van der Waals surface area contributed by atoms with Crippen LogP contribution >= 0.6 is 0 Å². The first kappa shape index (κ1) is 20.5. The Morgan fingerprint density at radius 3 is 2.55 bits per heavy atom. The smallest absolute Gasteiger partial charge is 0.294 e. The number of para-hydroxylation sites is 2. The van der Waals surface area contributed by atoms with E-state index in [0.717, 1.165) is 0 Å². The molecule has 3 rings (SSSR count). The highest BCUT2D eigenvalue weighted by molar-refractivity contribution is 6.12. The van der Waals surface area contributed by atoms with Crippen molar-refractivity contribution in [1.29, 1.82) is 0 Å². The van der Waals surface area contributed by atoms with Crippen molar-refractivity contribution < 1.29 is 28.2 Å². The summed E-state index contributed by atoms with van der Waals surface area (Å²) in [5, 5.41) is 2.67. The molecule has 0 saturated carbocycles. The van der Waals surface area contributed by atoms with Crippen LogP contribution in [0.4, 0.5) is 10.1 Å². The Balaban J connectivity index is 1.82. The zero-order chi connectivity index (χ0) is 20.8. The molecule has 0 atom stereocenters. The molecular weight excluding hydrogens is 379 g/mol. The van der Waals surface area contributed by atoms with E-state index >= 15 is 0 Å². The first-order valence-corrected chi connectivity index (χ1v) is 8.90. The SMILES string of the molecule is COC(CNC(=O)CN1C(=O)C(=Cc2ccc(F)cc2)Oc2ccccc21)OC. The summed E-state index contributed by atoms with van der Waals surface area (Å²) in [5.41, 5.74) is 1.08. The minimum absolute atomic E-state index is 0.0368. The maximum absolute atomic E-state index is 13.1. The minimum atomic E-state index is -0.583. The number of carbonyl (C=O) groups is 2. The number of carbonyl (C=O) groups excluding carboxylic acids is 2. The van der Waals surface area contributed by atoms with Gasteiger partial charge in [-0.2, -0.15) is 0 Å². The molecule has 0 unspecified atom stereocenters. The van der Waals surface area contributed by atoms with Gasteiger partial charge in [-0.1, -0.05) is 24.3 Å². The molecule has 1 heterocycles. The molecule has 0 spiro atoms. The van der Waals surface area contributed by atoms with Crippen LogP contribution in [0.5, 0.6) is 5.75 Å². The topological polar surface area (TPSA) is 77.1 Å². The standard InChI is InChI=1S/C21H21FN2O5/c1-27-20(28-2)12-23-19(25)13-24-16-5-3-4-6-17(16)29-18(21(24)26)11-14-7-9-15(22)10-8-14/h3-11,20H,12-13H2,1-2H3,(H,23,25). The summed E-state index contributed by atoms with van der Waals surface area (Å²) < 4.78 is 28.9. The molecule has 7 nitrogen and oxygen atoms in total. The van der Waals surface area contributed by atoms with E-state index in [4.69, 9.17) is 14.2 Å². The maximum atomic E-state index is 13.1. The Morgan fingerprint density at radius 2 is 1.86 bits per heavy atom. The summed E-state index contributed by atoms with van der Waals surface area (Å²) in [6.45, 7) is -0.0651. The number of anilines is 1. The van der Waals surface area contributed by atoms with Crippen LogP contribution in [0.3, 0.4) is 0 Å². The summed E-state index contributed by atoms with van der Waals surface area (Å²) in [6.07, 6.45) is 0.926. The third-order valence-electron chi connectivity index (χ3n) is 4.29. The van der Waals surface area contributed by atoms with Crippen LogP contribution in [0.2, 0.25) is 0 Å². The third kappa shape index (κ3) is 4.98. The van der Waals surface area contributed by atoms with Crippen LogP contribution in [0.15, 0.2) is 54.3 Å². The van der Waals surface area contributed by atoms with Gasteiger partial charge in [0.05, 0.1) is 12.2 Å². The number of nitrogens with one attached hydrogen (secondary N) is 1.